The Morgan fingerprint density at radius 1 is 1.22 bits per heavy atom. The molecule has 1 unspecified atom stereocenters. The SMILES string of the molecule is NC(Cc1ccncn1)(C(=O)O)c1ccncn1. The van der Waals surface area contributed by atoms with Crippen LogP contribution in [0.2, 0.25) is 0 Å². The predicted molar refractivity (Wildman–Crippen MR) is 61.3 cm³/mol. The van der Waals surface area contributed by atoms with Crippen molar-refractivity contribution >= 4 is 5.97 Å². The van der Waals surface area contributed by atoms with Gasteiger partial charge >= 0.3 is 5.97 Å². The summed E-state index contributed by atoms with van der Waals surface area (Å²) in [6, 6.07) is 3.10. The molecular weight excluding hydrogens is 234 g/mol. The highest BCUT2D eigenvalue weighted by Gasteiger charge is 2.38. The van der Waals surface area contributed by atoms with Gasteiger partial charge in [0, 0.05) is 24.5 Å². The molecule has 18 heavy (non-hydrogen) atoms. The predicted octanol–water partition coefficient (Wildman–Crippen LogP) is -0.252. The molecule has 0 aliphatic rings. The van der Waals surface area contributed by atoms with Crippen molar-refractivity contribution in [3.63, 3.8) is 0 Å². The van der Waals surface area contributed by atoms with Crippen LogP contribution in [-0.4, -0.2) is 31.0 Å². The van der Waals surface area contributed by atoms with Gasteiger partial charge in [0.15, 0.2) is 5.54 Å². The fourth-order valence-corrected chi connectivity index (χ4v) is 1.54. The van der Waals surface area contributed by atoms with Crippen LogP contribution < -0.4 is 5.73 Å². The van der Waals surface area contributed by atoms with Crippen LogP contribution in [0.4, 0.5) is 0 Å². The van der Waals surface area contributed by atoms with Crippen LogP contribution in [0.3, 0.4) is 0 Å². The van der Waals surface area contributed by atoms with Gasteiger partial charge in [-0.15, -0.1) is 0 Å². The molecule has 0 saturated carbocycles. The van der Waals surface area contributed by atoms with Gasteiger partial charge in [-0.3, -0.25) is 0 Å². The van der Waals surface area contributed by atoms with E-state index in [9.17, 15) is 9.90 Å². The van der Waals surface area contributed by atoms with Crippen LogP contribution in [0, 0.1) is 0 Å². The van der Waals surface area contributed by atoms with Gasteiger partial charge < -0.3 is 10.8 Å². The third kappa shape index (κ3) is 2.30. The van der Waals surface area contributed by atoms with Crippen molar-refractivity contribution < 1.29 is 9.90 Å². The number of carboxylic acids is 1. The molecule has 0 bridgehead atoms. The first-order valence-corrected chi connectivity index (χ1v) is 5.16. The minimum atomic E-state index is -1.63. The minimum absolute atomic E-state index is 0.0296. The Labute approximate surface area is 103 Å². The molecule has 0 aromatic carbocycles. The Morgan fingerprint density at radius 3 is 2.39 bits per heavy atom. The second-order valence-corrected chi connectivity index (χ2v) is 3.75. The highest BCUT2D eigenvalue weighted by molar-refractivity contribution is 5.80. The molecule has 7 heteroatoms. The Kier molecular flexibility index (Phi) is 3.24. The third-order valence-electron chi connectivity index (χ3n) is 2.52. The van der Waals surface area contributed by atoms with Crippen LogP contribution in [0.5, 0.6) is 0 Å². The number of aliphatic carboxylic acids is 1. The normalized spacial score (nSPS) is 13.8. The van der Waals surface area contributed by atoms with E-state index in [2.05, 4.69) is 19.9 Å². The fourth-order valence-electron chi connectivity index (χ4n) is 1.54. The first kappa shape index (κ1) is 12.1. The lowest BCUT2D eigenvalue weighted by Gasteiger charge is -2.23. The van der Waals surface area contributed by atoms with Crippen molar-refractivity contribution in [2.45, 2.75) is 12.0 Å². The standard InChI is InChI=1S/C11H11N5O2/c12-11(10(17)18,9-2-4-14-7-16-9)5-8-1-3-13-6-15-8/h1-4,6-7H,5,12H2,(H,17,18). The van der Waals surface area contributed by atoms with Crippen LogP contribution in [-0.2, 0) is 16.8 Å². The number of carbonyl (C=O) groups is 1. The summed E-state index contributed by atoms with van der Waals surface area (Å²) in [5, 5.41) is 9.32. The molecule has 0 saturated heterocycles. The van der Waals surface area contributed by atoms with E-state index in [4.69, 9.17) is 5.73 Å². The lowest BCUT2D eigenvalue weighted by molar-refractivity contribution is -0.143. The summed E-state index contributed by atoms with van der Waals surface area (Å²) in [4.78, 5) is 26.8. The van der Waals surface area contributed by atoms with E-state index in [1.54, 1.807) is 6.07 Å². The summed E-state index contributed by atoms with van der Waals surface area (Å²) in [6.07, 6.45) is 5.62. The molecule has 0 amide bonds. The van der Waals surface area contributed by atoms with Crippen molar-refractivity contribution in [1.29, 1.82) is 0 Å². The van der Waals surface area contributed by atoms with Crippen molar-refractivity contribution in [3.05, 3.63) is 48.6 Å². The first-order valence-electron chi connectivity index (χ1n) is 5.16. The molecule has 0 fully saturated rings. The Bertz CT molecular complexity index is 534. The lowest BCUT2D eigenvalue weighted by Crippen LogP contribution is -2.47. The molecule has 0 aliphatic carbocycles. The molecule has 0 aliphatic heterocycles. The van der Waals surface area contributed by atoms with Crippen LogP contribution >= 0.6 is 0 Å². The monoisotopic (exact) mass is 245 g/mol. The van der Waals surface area contributed by atoms with Gasteiger partial charge in [0.05, 0.1) is 5.69 Å². The van der Waals surface area contributed by atoms with Gasteiger partial charge in [0.25, 0.3) is 0 Å². The van der Waals surface area contributed by atoms with E-state index < -0.39 is 11.5 Å². The average molecular weight is 245 g/mol. The zero-order valence-corrected chi connectivity index (χ0v) is 9.39. The number of hydrogen-bond donors (Lipinski definition) is 2. The summed E-state index contributed by atoms with van der Waals surface area (Å²) >= 11 is 0. The Morgan fingerprint density at radius 2 is 1.89 bits per heavy atom. The zero-order valence-electron chi connectivity index (χ0n) is 9.39. The quantitative estimate of drug-likeness (QED) is 0.762. The Hall–Kier alpha value is -2.41. The molecule has 0 spiro atoms. The van der Waals surface area contributed by atoms with Gasteiger partial charge in [-0.1, -0.05) is 0 Å². The largest absolute Gasteiger partial charge is 0.480 e. The van der Waals surface area contributed by atoms with E-state index in [1.165, 1.54) is 31.1 Å². The maximum atomic E-state index is 11.4. The average Bonchev–Trinajstić information content (AvgIpc) is 2.40. The smallest absolute Gasteiger partial charge is 0.330 e. The van der Waals surface area contributed by atoms with Crippen molar-refractivity contribution in [3.8, 4) is 0 Å². The van der Waals surface area contributed by atoms with E-state index in [0.717, 1.165) is 0 Å². The third-order valence-corrected chi connectivity index (χ3v) is 2.52. The van der Waals surface area contributed by atoms with Gasteiger partial charge in [-0.25, -0.2) is 24.7 Å². The van der Waals surface area contributed by atoms with E-state index in [-0.39, 0.29) is 12.1 Å². The second kappa shape index (κ2) is 4.84. The first-order chi connectivity index (χ1) is 8.63. The molecule has 2 aromatic rings. The maximum Gasteiger partial charge on any atom is 0.330 e. The van der Waals surface area contributed by atoms with Gasteiger partial charge in [0.1, 0.15) is 12.7 Å². The van der Waals surface area contributed by atoms with Gasteiger partial charge in [-0.2, -0.15) is 0 Å². The molecule has 7 nitrogen and oxygen atoms in total. The van der Waals surface area contributed by atoms with E-state index in [1.807, 2.05) is 0 Å². The molecule has 2 aromatic heterocycles. The summed E-state index contributed by atoms with van der Waals surface area (Å²) < 4.78 is 0. The highest BCUT2D eigenvalue weighted by Crippen LogP contribution is 2.20. The minimum Gasteiger partial charge on any atom is -0.480 e. The topological polar surface area (TPSA) is 115 Å². The molecule has 2 rings (SSSR count). The zero-order chi connectivity index (χ0) is 13.0. The summed E-state index contributed by atoms with van der Waals surface area (Å²) in [5.41, 5.74) is 5.09. The van der Waals surface area contributed by atoms with Crippen molar-refractivity contribution in [1.82, 2.24) is 19.9 Å². The lowest BCUT2D eigenvalue weighted by atomic mass is 9.90. The molecule has 3 N–H and O–H groups in total. The number of carboxylic acid groups (broad SMARTS) is 1. The number of nitrogens with two attached hydrogens (primary N) is 1. The number of hydrogen-bond acceptors (Lipinski definition) is 6. The van der Waals surface area contributed by atoms with Crippen molar-refractivity contribution in [2.24, 2.45) is 5.73 Å². The maximum absolute atomic E-state index is 11.4. The Balaban J connectivity index is 2.37. The molecular formula is C11H11N5O2. The molecule has 92 valence electrons. The van der Waals surface area contributed by atoms with Crippen LogP contribution in [0.15, 0.2) is 37.2 Å². The van der Waals surface area contributed by atoms with E-state index in [0.29, 0.717) is 5.69 Å². The molecule has 2 heterocycles. The highest BCUT2D eigenvalue weighted by atomic mass is 16.4. The van der Waals surface area contributed by atoms with E-state index >= 15 is 0 Å². The molecule has 1 atom stereocenters. The second-order valence-electron chi connectivity index (χ2n) is 3.75. The summed E-state index contributed by atoms with van der Waals surface area (Å²) in [7, 11) is 0. The summed E-state index contributed by atoms with van der Waals surface area (Å²) in [6.45, 7) is 0. The number of nitrogens with zero attached hydrogens (tertiary/aromatic N) is 4. The molecule has 0 radical (unpaired) electrons. The van der Waals surface area contributed by atoms with Gasteiger partial charge in [0.2, 0.25) is 0 Å². The fraction of sp³-hybridized carbons (Fsp3) is 0.182. The van der Waals surface area contributed by atoms with Crippen LogP contribution in [0.1, 0.15) is 11.4 Å². The van der Waals surface area contributed by atoms with Crippen LogP contribution in [0.25, 0.3) is 0 Å². The number of rotatable bonds is 4. The number of aromatic nitrogens is 4. The summed E-state index contributed by atoms with van der Waals surface area (Å²) in [5.74, 6) is -1.17. The van der Waals surface area contributed by atoms with Gasteiger partial charge in [-0.05, 0) is 12.1 Å². The van der Waals surface area contributed by atoms with Crippen molar-refractivity contribution in [2.75, 3.05) is 0 Å².